The molecule has 3 aromatic rings. The number of pyridine rings is 1. The Morgan fingerprint density at radius 1 is 1.14 bits per heavy atom. The van der Waals surface area contributed by atoms with Gasteiger partial charge in [0.15, 0.2) is 0 Å². The molecule has 0 saturated carbocycles. The molecule has 0 unspecified atom stereocenters. The summed E-state index contributed by atoms with van der Waals surface area (Å²) >= 11 is 0. The molecular formula is C15H14N4O2. The smallest absolute Gasteiger partial charge is 0.244 e. The van der Waals surface area contributed by atoms with E-state index < -0.39 is 6.04 Å². The quantitative estimate of drug-likeness (QED) is 0.760. The lowest BCUT2D eigenvalue weighted by atomic mass is 10.1. The van der Waals surface area contributed by atoms with E-state index in [4.69, 9.17) is 10.3 Å². The second-order valence-electron chi connectivity index (χ2n) is 4.65. The topological polar surface area (TPSA) is 98.1 Å². The van der Waals surface area contributed by atoms with Crippen LogP contribution in [0.1, 0.15) is 17.5 Å². The number of phenols is 1. The number of aromatic hydroxyl groups is 1. The van der Waals surface area contributed by atoms with E-state index in [1.54, 1.807) is 24.4 Å². The number of rotatable bonds is 4. The third kappa shape index (κ3) is 3.06. The lowest BCUT2D eigenvalue weighted by Gasteiger charge is -2.06. The van der Waals surface area contributed by atoms with Crippen molar-refractivity contribution in [2.45, 2.75) is 12.5 Å². The molecule has 0 bridgehead atoms. The SMILES string of the molecule is N[C@@H](Cc1ccc(O)cc1)c1nc(-c2ccccn2)no1. The average molecular weight is 282 g/mol. The van der Waals surface area contributed by atoms with Crippen molar-refractivity contribution in [3.05, 3.63) is 60.1 Å². The van der Waals surface area contributed by atoms with Gasteiger partial charge in [-0.15, -0.1) is 0 Å². The van der Waals surface area contributed by atoms with Gasteiger partial charge in [-0.25, -0.2) is 0 Å². The van der Waals surface area contributed by atoms with Gasteiger partial charge in [-0.2, -0.15) is 4.98 Å². The van der Waals surface area contributed by atoms with Crippen LogP contribution in [0.2, 0.25) is 0 Å². The number of nitrogens with zero attached hydrogens (tertiary/aromatic N) is 3. The fourth-order valence-electron chi connectivity index (χ4n) is 1.96. The van der Waals surface area contributed by atoms with Gasteiger partial charge in [0.2, 0.25) is 11.7 Å². The van der Waals surface area contributed by atoms with Crippen molar-refractivity contribution in [1.29, 1.82) is 0 Å². The number of hydrogen-bond acceptors (Lipinski definition) is 6. The number of nitrogens with two attached hydrogens (primary N) is 1. The Kier molecular flexibility index (Phi) is 3.61. The van der Waals surface area contributed by atoms with Crippen LogP contribution < -0.4 is 5.73 Å². The van der Waals surface area contributed by atoms with Crippen molar-refractivity contribution < 1.29 is 9.63 Å². The van der Waals surface area contributed by atoms with Crippen molar-refractivity contribution in [3.8, 4) is 17.3 Å². The van der Waals surface area contributed by atoms with Gasteiger partial charge >= 0.3 is 0 Å². The lowest BCUT2D eigenvalue weighted by Crippen LogP contribution is -2.13. The second kappa shape index (κ2) is 5.72. The molecule has 0 fully saturated rings. The molecule has 0 saturated heterocycles. The Morgan fingerprint density at radius 2 is 1.95 bits per heavy atom. The molecular weight excluding hydrogens is 268 g/mol. The van der Waals surface area contributed by atoms with Crippen LogP contribution in [0.5, 0.6) is 5.75 Å². The van der Waals surface area contributed by atoms with Gasteiger partial charge in [0.1, 0.15) is 11.4 Å². The molecule has 0 spiro atoms. The highest BCUT2D eigenvalue weighted by molar-refractivity contribution is 5.47. The van der Waals surface area contributed by atoms with Gasteiger partial charge in [-0.1, -0.05) is 23.4 Å². The van der Waals surface area contributed by atoms with E-state index in [-0.39, 0.29) is 5.75 Å². The molecule has 3 rings (SSSR count). The molecule has 0 aliphatic rings. The highest BCUT2D eigenvalue weighted by Crippen LogP contribution is 2.19. The summed E-state index contributed by atoms with van der Waals surface area (Å²) in [5.41, 5.74) is 7.70. The molecule has 0 amide bonds. The monoisotopic (exact) mass is 282 g/mol. The zero-order valence-corrected chi connectivity index (χ0v) is 11.2. The summed E-state index contributed by atoms with van der Waals surface area (Å²) in [7, 11) is 0. The van der Waals surface area contributed by atoms with Crippen LogP contribution in [0.3, 0.4) is 0 Å². The maximum atomic E-state index is 9.26. The minimum absolute atomic E-state index is 0.225. The van der Waals surface area contributed by atoms with Gasteiger partial charge in [0.25, 0.3) is 0 Å². The van der Waals surface area contributed by atoms with Crippen LogP contribution in [0.4, 0.5) is 0 Å². The van der Waals surface area contributed by atoms with Gasteiger partial charge in [-0.3, -0.25) is 4.98 Å². The maximum Gasteiger partial charge on any atom is 0.244 e. The zero-order chi connectivity index (χ0) is 14.7. The summed E-state index contributed by atoms with van der Waals surface area (Å²) in [6.45, 7) is 0. The van der Waals surface area contributed by atoms with Crippen LogP contribution in [-0.2, 0) is 6.42 Å². The van der Waals surface area contributed by atoms with Crippen LogP contribution in [0, 0.1) is 0 Å². The first kappa shape index (κ1) is 13.3. The van der Waals surface area contributed by atoms with E-state index in [1.165, 1.54) is 0 Å². The zero-order valence-electron chi connectivity index (χ0n) is 11.2. The van der Waals surface area contributed by atoms with Crippen molar-refractivity contribution in [1.82, 2.24) is 15.1 Å². The number of aromatic nitrogens is 3. The molecule has 1 aromatic carbocycles. The van der Waals surface area contributed by atoms with Crippen molar-refractivity contribution in [3.63, 3.8) is 0 Å². The normalized spacial score (nSPS) is 12.2. The first-order valence-corrected chi connectivity index (χ1v) is 6.51. The van der Waals surface area contributed by atoms with Crippen LogP contribution >= 0.6 is 0 Å². The Labute approximate surface area is 121 Å². The van der Waals surface area contributed by atoms with E-state index in [9.17, 15) is 5.11 Å². The van der Waals surface area contributed by atoms with Crippen molar-refractivity contribution in [2.75, 3.05) is 0 Å². The summed E-state index contributed by atoms with van der Waals surface area (Å²) in [5.74, 6) is 1.01. The summed E-state index contributed by atoms with van der Waals surface area (Å²) in [6.07, 6.45) is 2.21. The highest BCUT2D eigenvalue weighted by Gasteiger charge is 2.16. The fourth-order valence-corrected chi connectivity index (χ4v) is 1.96. The molecule has 0 radical (unpaired) electrons. The average Bonchev–Trinajstić information content (AvgIpc) is 3.00. The number of hydrogen-bond donors (Lipinski definition) is 2. The predicted molar refractivity (Wildman–Crippen MR) is 76.3 cm³/mol. The summed E-state index contributed by atoms with van der Waals surface area (Å²) in [5, 5.41) is 13.2. The number of phenolic OH excluding ortho intramolecular Hbond substituents is 1. The molecule has 1 atom stereocenters. The van der Waals surface area contributed by atoms with Crippen LogP contribution in [0.25, 0.3) is 11.5 Å². The maximum absolute atomic E-state index is 9.26. The van der Waals surface area contributed by atoms with E-state index in [0.29, 0.717) is 23.8 Å². The third-order valence-electron chi connectivity index (χ3n) is 3.04. The first-order chi connectivity index (χ1) is 10.2. The Morgan fingerprint density at radius 3 is 2.67 bits per heavy atom. The van der Waals surface area contributed by atoms with Gasteiger partial charge in [0.05, 0.1) is 6.04 Å². The Balaban J connectivity index is 1.75. The second-order valence-corrected chi connectivity index (χ2v) is 4.65. The van der Waals surface area contributed by atoms with Gasteiger partial charge < -0.3 is 15.4 Å². The largest absolute Gasteiger partial charge is 0.508 e. The Hall–Kier alpha value is -2.73. The standard InChI is InChI=1S/C15H14N4O2/c16-12(9-10-4-6-11(20)7-5-10)15-18-14(19-21-15)13-3-1-2-8-17-13/h1-8,12,20H,9,16H2/t12-/m0/s1. The number of benzene rings is 1. The summed E-state index contributed by atoms with van der Waals surface area (Å²) in [6, 6.07) is 11.9. The van der Waals surface area contributed by atoms with E-state index in [2.05, 4.69) is 15.1 Å². The third-order valence-corrected chi connectivity index (χ3v) is 3.04. The van der Waals surface area contributed by atoms with Crippen molar-refractivity contribution in [2.24, 2.45) is 5.73 Å². The molecule has 0 aliphatic heterocycles. The first-order valence-electron chi connectivity index (χ1n) is 6.51. The molecule has 6 heteroatoms. The minimum Gasteiger partial charge on any atom is -0.508 e. The molecule has 0 aliphatic carbocycles. The van der Waals surface area contributed by atoms with E-state index >= 15 is 0 Å². The highest BCUT2D eigenvalue weighted by atomic mass is 16.5. The van der Waals surface area contributed by atoms with E-state index in [1.807, 2.05) is 24.3 Å². The van der Waals surface area contributed by atoms with Crippen molar-refractivity contribution >= 4 is 0 Å². The Bertz CT molecular complexity index is 710. The molecule has 21 heavy (non-hydrogen) atoms. The van der Waals surface area contributed by atoms with Gasteiger partial charge in [-0.05, 0) is 36.2 Å². The molecule has 6 nitrogen and oxygen atoms in total. The predicted octanol–water partition coefficient (Wildman–Crippen LogP) is 2.08. The molecule has 2 aromatic heterocycles. The molecule has 3 N–H and O–H groups in total. The van der Waals surface area contributed by atoms with Crippen LogP contribution in [-0.4, -0.2) is 20.2 Å². The lowest BCUT2D eigenvalue weighted by molar-refractivity contribution is 0.354. The van der Waals surface area contributed by atoms with Crippen LogP contribution in [0.15, 0.2) is 53.2 Å². The van der Waals surface area contributed by atoms with Gasteiger partial charge in [0, 0.05) is 6.20 Å². The van der Waals surface area contributed by atoms with E-state index in [0.717, 1.165) is 5.56 Å². The summed E-state index contributed by atoms with van der Waals surface area (Å²) in [4.78, 5) is 8.44. The minimum atomic E-state index is -0.403. The molecule has 2 heterocycles. The molecule has 106 valence electrons. The summed E-state index contributed by atoms with van der Waals surface area (Å²) < 4.78 is 5.20. The fraction of sp³-hybridized carbons (Fsp3) is 0.133.